The van der Waals surface area contributed by atoms with Gasteiger partial charge in [-0.1, -0.05) is 6.92 Å². The van der Waals surface area contributed by atoms with Gasteiger partial charge < -0.3 is 5.32 Å². The van der Waals surface area contributed by atoms with Crippen molar-refractivity contribution in [3.63, 3.8) is 0 Å². The van der Waals surface area contributed by atoms with Crippen molar-refractivity contribution in [1.82, 2.24) is 19.8 Å². The monoisotopic (exact) mass is 300 g/mol. The van der Waals surface area contributed by atoms with Gasteiger partial charge in [0.2, 0.25) is 10.0 Å². The molecule has 6 nitrogen and oxygen atoms in total. The van der Waals surface area contributed by atoms with Gasteiger partial charge in [-0.25, -0.2) is 13.1 Å². The molecule has 1 aromatic heterocycles. The number of nitrogens with zero attached hydrogens (tertiary/aromatic N) is 2. The zero-order valence-corrected chi connectivity index (χ0v) is 13.0. The van der Waals surface area contributed by atoms with E-state index in [4.69, 9.17) is 0 Å². The second kappa shape index (κ2) is 6.24. The van der Waals surface area contributed by atoms with Crippen molar-refractivity contribution in [1.29, 1.82) is 0 Å². The van der Waals surface area contributed by atoms with Gasteiger partial charge >= 0.3 is 0 Å². The maximum Gasteiger partial charge on any atom is 0.244 e. The van der Waals surface area contributed by atoms with Crippen molar-refractivity contribution in [2.75, 3.05) is 13.1 Å². The van der Waals surface area contributed by atoms with Gasteiger partial charge in [-0.3, -0.25) is 4.68 Å². The van der Waals surface area contributed by atoms with Crippen molar-refractivity contribution in [3.8, 4) is 0 Å². The third kappa shape index (κ3) is 4.29. The van der Waals surface area contributed by atoms with E-state index in [1.165, 1.54) is 6.20 Å². The Balaban J connectivity index is 1.85. The number of aryl methyl sites for hydroxylation is 1. The van der Waals surface area contributed by atoms with Gasteiger partial charge in [-0.05, 0) is 45.7 Å². The van der Waals surface area contributed by atoms with Crippen LogP contribution in [0.2, 0.25) is 0 Å². The molecule has 0 amide bonds. The van der Waals surface area contributed by atoms with Gasteiger partial charge in [0.15, 0.2) is 0 Å². The van der Waals surface area contributed by atoms with E-state index in [1.54, 1.807) is 10.9 Å². The fourth-order valence-corrected chi connectivity index (χ4v) is 3.36. The van der Waals surface area contributed by atoms with Crippen LogP contribution in [0.25, 0.3) is 0 Å². The van der Waals surface area contributed by atoms with Crippen LogP contribution < -0.4 is 10.0 Å². The quantitative estimate of drug-likeness (QED) is 0.670. The van der Waals surface area contributed by atoms with Crippen LogP contribution >= 0.6 is 0 Å². The number of aromatic nitrogens is 2. The number of nitrogens with one attached hydrogen (secondary N) is 2. The Morgan fingerprint density at radius 2 is 2.15 bits per heavy atom. The van der Waals surface area contributed by atoms with Crippen LogP contribution in [-0.4, -0.2) is 36.8 Å². The summed E-state index contributed by atoms with van der Waals surface area (Å²) < 4.78 is 28.7. The Bertz CT molecular complexity index is 534. The molecule has 0 bridgehead atoms. The van der Waals surface area contributed by atoms with Gasteiger partial charge in [-0.2, -0.15) is 5.10 Å². The highest BCUT2D eigenvalue weighted by molar-refractivity contribution is 7.89. The van der Waals surface area contributed by atoms with Crippen LogP contribution in [0.3, 0.4) is 0 Å². The highest BCUT2D eigenvalue weighted by Crippen LogP contribution is 2.35. The van der Waals surface area contributed by atoms with Crippen molar-refractivity contribution in [3.05, 3.63) is 12.4 Å². The topological polar surface area (TPSA) is 76.0 Å². The van der Waals surface area contributed by atoms with Gasteiger partial charge in [0, 0.05) is 18.3 Å². The van der Waals surface area contributed by atoms with Gasteiger partial charge in [-0.15, -0.1) is 0 Å². The second-order valence-corrected chi connectivity index (χ2v) is 7.39. The molecule has 0 aliphatic heterocycles. The van der Waals surface area contributed by atoms with E-state index in [0.717, 1.165) is 45.3 Å². The first kappa shape index (κ1) is 15.5. The molecule has 1 saturated carbocycles. The lowest BCUT2D eigenvalue weighted by Gasteiger charge is -2.10. The molecule has 2 N–H and O–H groups in total. The van der Waals surface area contributed by atoms with Crippen LogP contribution in [0.15, 0.2) is 17.3 Å². The number of hydrogen-bond donors (Lipinski definition) is 2. The molecule has 1 heterocycles. The molecule has 20 heavy (non-hydrogen) atoms. The molecule has 7 heteroatoms. The molecule has 0 spiro atoms. The normalized spacial score (nSPS) is 17.3. The average Bonchev–Trinajstić information content (AvgIpc) is 2.92. The Morgan fingerprint density at radius 1 is 1.40 bits per heavy atom. The van der Waals surface area contributed by atoms with Gasteiger partial charge in [0.25, 0.3) is 0 Å². The summed E-state index contributed by atoms with van der Waals surface area (Å²) in [5, 5.41) is 7.43. The zero-order valence-electron chi connectivity index (χ0n) is 12.2. The summed E-state index contributed by atoms with van der Waals surface area (Å²) in [5.41, 5.74) is -0.245. The predicted octanol–water partition coefficient (Wildman–Crippen LogP) is 1.10. The molecule has 0 saturated heterocycles. The lowest BCUT2D eigenvalue weighted by molar-refractivity contribution is 0.540. The first-order valence-corrected chi connectivity index (χ1v) is 8.71. The summed E-state index contributed by atoms with van der Waals surface area (Å²) in [5.74, 6) is 0. The van der Waals surface area contributed by atoms with E-state index in [-0.39, 0.29) is 10.4 Å². The van der Waals surface area contributed by atoms with Gasteiger partial charge in [0.05, 0.1) is 6.20 Å². The first-order chi connectivity index (χ1) is 9.45. The van der Waals surface area contributed by atoms with E-state index < -0.39 is 10.0 Å². The Kier molecular flexibility index (Phi) is 4.82. The molecule has 0 aromatic carbocycles. The predicted molar refractivity (Wildman–Crippen MR) is 78.0 cm³/mol. The van der Waals surface area contributed by atoms with Crippen molar-refractivity contribution in [2.24, 2.45) is 0 Å². The molecule has 1 aliphatic rings. The smallest absolute Gasteiger partial charge is 0.244 e. The fourth-order valence-electron chi connectivity index (χ4n) is 1.95. The third-order valence-corrected chi connectivity index (χ3v) is 5.06. The highest BCUT2D eigenvalue weighted by Gasteiger charge is 2.41. The molecule has 0 unspecified atom stereocenters. The minimum absolute atomic E-state index is 0.245. The maximum atomic E-state index is 12.1. The van der Waals surface area contributed by atoms with E-state index in [2.05, 4.69) is 22.1 Å². The molecular weight excluding hydrogens is 276 g/mol. The maximum absolute atomic E-state index is 12.1. The summed E-state index contributed by atoms with van der Waals surface area (Å²) >= 11 is 0. The molecular formula is C13H24N4O2S. The summed E-state index contributed by atoms with van der Waals surface area (Å²) in [4.78, 5) is 0.257. The molecule has 114 valence electrons. The second-order valence-electron chi connectivity index (χ2n) is 5.71. The third-order valence-electron chi connectivity index (χ3n) is 3.47. The summed E-state index contributed by atoms with van der Waals surface area (Å²) in [7, 11) is -3.42. The number of rotatable bonds is 9. The van der Waals surface area contributed by atoms with Crippen molar-refractivity contribution in [2.45, 2.75) is 56.5 Å². The highest BCUT2D eigenvalue weighted by atomic mass is 32.2. The van der Waals surface area contributed by atoms with Crippen molar-refractivity contribution >= 4 is 10.0 Å². The molecule has 0 atom stereocenters. The van der Waals surface area contributed by atoms with Crippen molar-refractivity contribution < 1.29 is 8.42 Å². The lowest BCUT2D eigenvalue weighted by Crippen LogP contribution is -2.34. The summed E-state index contributed by atoms with van der Waals surface area (Å²) in [6.07, 6.45) is 6.90. The summed E-state index contributed by atoms with van der Waals surface area (Å²) in [6.45, 7) is 6.72. The van der Waals surface area contributed by atoms with Crippen LogP contribution in [0.4, 0.5) is 0 Å². The molecule has 1 aromatic rings. The molecule has 2 rings (SSSR count). The standard InChI is InChI=1S/C13H24N4O2S/c1-3-7-14-8-4-9-17-11-12(10-15-17)20(18,19)16-13(2)5-6-13/h10-11,14,16H,3-9H2,1-2H3. The van der Waals surface area contributed by atoms with Crippen LogP contribution in [0.5, 0.6) is 0 Å². The minimum Gasteiger partial charge on any atom is -0.317 e. The van der Waals surface area contributed by atoms with Crippen LogP contribution in [-0.2, 0) is 16.6 Å². The Hall–Kier alpha value is -0.920. The number of hydrogen-bond acceptors (Lipinski definition) is 4. The molecule has 0 radical (unpaired) electrons. The average molecular weight is 300 g/mol. The van der Waals surface area contributed by atoms with E-state index in [0.29, 0.717) is 0 Å². The van der Waals surface area contributed by atoms with E-state index in [9.17, 15) is 8.42 Å². The SMILES string of the molecule is CCCNCCCn1cc(S(=O)(=O)NC2(C)CC2)cn1. The zero-order chi connectivity index (χ0) is 14.6. The Morgan fingerprint density at radius 3 is 2.80 bits per heavy atom. The van der Waals surface area contributed by atoms with E-state index in [1.807, 2.05) is 6.92 Å². The largest absolute Gasteiger partial charge is 0.317 e. The minimum atomic E-state index is -3.42. The molecule has 1 fully saturated rings. The van der Waals surface area contributed by atoms with Crippen LogP contribution in [0.1, 0.15) is 39.5 Å². The fraction of sp³-hybridized carbons (Fsp3) is 0.769. The Labute approximate surface area is 121 Å². The first-order valence-electron chi connectivity index (χ1n) is 7.22. The lowest BCUT2D eigenvalue weighted by atomic mass is 10.4. The van der Waals surface area contributed by atoms with E-state index >= 15 is 0 Å². The summed E-state index contributed by atoms with van der Waals surface area (Å²) in [6, 6.07) is 0. The molecule has 1 aliphatic carbocycles. The van der Waals surface area contributed by atoms with Gasteiger partial charge in [0.1, 0.15) is 4.90 Å². The number of sulfonamides is 1. The van der Waals surface area contributed by atoms with Crippen LogP contribution in [0, 0.1) is 0 Å².